The van der Waals surface area contributed by atoms with Crippen molar-refractivity contribution in [2.45, 2.75) is 56.3 Å². The van der Waals surface area contributed by atoms with E-state index in [0.717, 1.165) is 41.4 Å². The van der Waals surface area contributed by atoms with Crippen LogP contribution in [-0.2, 0) is 22.9 Å². The summed E-state index contributed by atoms with van der Waals surface area (Å²) < 4.78 is 47.8. The lowest BCUT2D eigenvalue weighted by Crippen LogP contribution is -2.55. The summed E-state index contributed by atoms with van der Waals surface area (Å²) in [5.74, 6) is -0.499. The van der Waals surface area contributed by atoms with E-state index in [1.807, 2.05) is 28.0 Å². The van der Waals surface area contributed by atoms with Crippen LogP contribution in [0.5, 0.6) is 5.75 Å². The zero-order chi connectivity index (χ0) is 29.8. The predicted molar refractivity (Wildman–Crippen MR) is 148 cm³/mol. The summed E-state index contributed by atoms with van der Waals surface area (Å²) >= 11 is 0. The molecule has 0 bridgehead atoms. The Hall–Kier alpha value is -3.57. The number of methoxy groups -OCH3 is 1. The van der Waals surface area contributed by atoms with Crippen LogP contribution in [0.3, 0.4) is 0 Å². The number of nitrogens with zero attached hydrogens (tertiary/aromatic N) is 2. The van der Waals surface area contributed by atoms with E-state index < -0.39 is 34.7 Å². The number of fused-ring (bicyclic) bond motifs is 4. The van der Waals surface area contributed by atoms with Gasteiger partial charge in [0, 0.05) is 60.2 Å². The third kappa shape index (κ3) is 4.82. The van der Waals surface area contributed by atoms with Gasteiger partial charge >= 0.3 is 12.1 Å². The van der Waals surface area contributed by atoms with Gasteiger partial charge in [-0.1, -0.05) is 12.5 Å². The molecule has 8 nitrogen and oxygen atoms in total. The van der Waals surface area contributed by atoms with Crippen molar-refractivity contribution >= 4 is 22.8 Å². The monoisotopic (exact) mass is 585 g/mol. The van der Waals surface area contributed by atoms with Crippen molar-refractivity contribution in [3.63, 3.8) is 0 Å². The number of aliphatic hydroxyl groups is 1. The van der Waals surface area contributed by atoms with Gasteiger partial charge in [0.05, 0.1) is 30.9 Å². The number of hydrogen-bond acceptors (Lipinski definition) is 5. The number of rotatable bonds is 6. The van der Waals surface area contributed by atoms with Gasteiger partial charge in [0.15, 0.2) is 0 Å². The minimum absolute atomic E-state index is 0.0556. The van der Waals surface area contributed by atoms with Gasteiger partial charge < -0.3 is 24.8 Å². The smallest absolute Gasteiger partial charge is 0.416 e. The second-order valence-corrected chi connectivity index (χ2v) is 11.8. The van der Waals surface area contributed by atoms with Gasteiger partial charge in [-0.2, -0.15) is 13.2 Å². The van der Waals surface area contributed by atoms with Crippen molar-refractivity contribution < 1.29 is 37.7 Å². The predicted octanol–water partition coefficient (Wildman–Crippen LogP) is 5.10. The van der Waals surface area contributed by atoms with Gasteiger partial charge in [-0.25, -0.2) is 4.79 Å². The van der Waals surface area contributed by atoms with E-state index in [2.05, 4.69) is 4.98 Å². The van der Waals surface area contributed by atoms with Crippen molar-refractivity contribution in [2.24, 2.45) is 5.92 Å². The van der Waals surface area contributed by atoms with Crippen LogP contribution in [0.25, 0.3) is 10.9 Å². The molecule has 0 radical (unpaired) electrons. The number of likely N-dealkylation sites (tertiary alicyclic amines) is 1. The highest BCUT2D eigenvalue weighted by Gasteiger charge is 2.49. The largest absolute Gasteiger partial charge is 0.497 e. The molecule has 2 aromatic carbocycles. The summed E-state index contributed by atoms with van der Waals surface area (Å²) in [7, 11) is 1.58. The van der Waals surface area contributed by atoms with E-state index in [0.29, 0.717) is 44.3 Å². The van der Waals surface area contributed by atoms with E-state index in [-0.39, 0.29) is 30.5 Å². The molecule has 1 saturated heterocycles. The number of carbonyl (C=O) groups excluding carboxylic acids is 1. The van der Waals surface area contributed by atoms with Gasteiger partial charge in [0.2, 0.25) is 5.91 Å². The number of nitrogens with one attached hydrogen (secondary N) is 1. The highest BCUT2D eigenvalue weighted by Crippen LogP contribution is 2.50. The molecule has 2 fully saturated rings. The normalized spacial score (nSPS) is 20.9. The number of halogens is 3. The molecule has 1 unspecified atom stereocenters. The zero-order valence-corrected chi connectivity index (χ0v) is 23.3. The molecule has 1 amide bonds. The Labute approximate surface area is 241 Å². The van der Waals surface area contributed by atoms with Gasteiger partial charge in [-0.15, -0.1) is 0 Å². The maximum atomic E-state index is 14.1. The van der Waals surface area contributed by atoms with Crippen LogP contribution >= 0.6 is 0 Å². The Kier molecular flexibility index (Phi) is 7.21. The van der Waals surface area contributed by atoms with Crippen LogP contribution in [0.4, 0.5) is 13.2 Å². The standard InChI is InChI=1S/C31H34F3N3O5/c1-42-21-7-8-22-24(14-21)35-27-25(16-38)37(15-20-6-5-19(29(40)41)13-23(20)31(32,33)34)17-30(26(22)27)9-11-36(12-10-30)28(39)18-3-2-4-18/h5-8,13-14,18,25,35,38H,2-4,9-12,15-17H2,1H3,(H,40,41). The van der Waals surface area contributed by atoms with Gasteiger partial charge in [-0.05, 0) is 61.1 Å². The Balaban J connectivity index is 1.41. The Morgan fingerprint density at radius 2 is 1.86 bits per heavy atom. The average Bonchev–Trinajstić information content (AvgIpc) is 3.31. The second kappa shape index (κ2) is 10.6. The van der Waals surface area contributed by atoms with E-state index in [9.17, 15) is 33.0 Å². The molecule has 3 aliphatic rings. The lowest BCUT2D eigenvalue weighted by Gasteiger charge is -2.51. The highest BCUT2D eigenvalue weighted by molar-refractivity contribution is 5.89. The van der Waals surface area contributed by atoms with Crippen molar-refractivity contribution in [3.05, 3.63) is 64.3 Å². The number of hydrogen-bond donors (Lipinski definition) is 3. The van der Waals surface area contributed by atoms with Crippen LogP contribution in [0, 0.1) is 5.92 Å². The maximum absolute atomic E-state index is 14.1. The van der Waals surface area contributed by atoms with Crippen LogP contribution in [0.1, 0.15) is 70.9 Å². The number of aliphatic hydroxyl groups excluding tert-OH is 1. The minimum atomic E-state index is -4.75. The number of carboxylic acid groups (broad SMARTS) is 1. The zero-order valence-electron chi connectivity index (χ0n) is 23.3. The molecule has 1 saturated carbocycles. The molecule has 3 heterocycles. The second-order valence-electron chi connectivity index (χ2n) is 11.8. The quantitative estimate of drug-likeness (QED) is 0.372. The number of alkyl halides is 3. The van der Waals surface area contributed by atoms with Crippen LogP contribution in [-0.4, -0.2) is 70.2 Å². The first-order chi connectivity index (χ1) is 20.0. The van der Waals surface area contributed by atoms with Gasteiger partial charge in [-0.3, -0.25) is 9.69 Å². The number of amides is 1. The number of ether oxygens (including phenoxy) is 1. The van der Waals surface area contributed by atoms with Crippen molar-refractivity contribution in [2.75, 3.05) is 33.4 Å². The summed E-state index contributed by atoms with van der Waals surface area (Å²) in [5.41, 5.74) is 0.652. The first-order valence-corrected chi connectivity index (χ1v) is 14.3. The van der Waals surface area contributed by atoms with Crippen molar-refractivity contribution in [1.29, 1.82) is 0 Å². The van der Waals surface area contributed by atoms with Gasteiger partial charge in [0.1, 0.15) is 5.75 Å². The summed E-state index contributed by atoms with van der Waals surface area (Å²) in [6.07, 6.45) is -0.571. The molecule has 6 rings (SSSR count). The Morgan fingerprint density at radius 1 is 1.12 bits per heavy atom. The topological polar surface area (TPSA) is 106 Å². The first-order valence-electron chi connectivity index (χ1n) is 14.3. The first kappa shape index (κ1) is 28.5. The summed E-state index contributed by atoms with van der Waals surface area (Å²) in [6.45, 7) is 1.03. The maximum Gasteiger partial charge on any atom is 0.416 e. The third-order valence-corrected chi connectivity index (χ3v) is 9.54. The summed E-state index contributed by atoms with van der Waals surface area (Å²) in [4.78, 5) is 31.7. The molecular formula is C31H34F3N3O5. The molecule has 1 aromatic heterocycles. The fourth-order valence-corrected chi connectivity index (χ4v) is 7.09. The summed E-state index contributed by atoms with van der Waals surface area (Å²) in [6, 6.07) is 8.20. The fraction of sp³-hybridized carbons (Fsp3) is 0.484. The summed E-state index contributed by atoms with van der Waals surface area (Å²) in [5, 5.41) is 20.9. The number of aromatic carboxylic acids is 1. The molecule has 42 heavy (non-hydrogen) atoms. The van der Waals surface area contributed by atoms with Crippen LogP contribution < -0.4 is 4.74 Å². The average molecular weight is 586 g/mol. The minimum Gasteiger partial charge on any atom is -0.497 e. The number of benzene rings is 2. The Bertz CT molecular complexity index is 1520. The molecule has 3 N–H and O–H groups in total. The molecule has 1 aliphatic carbocycles. The molecule has 224 valence electrons. The number of H-pyrrole nitrogens is 1. The third-order valence-electron chi connectivity index (χ3n) is 9.54. The molecule has 2 aliphatic heterocycles. The highest BCUT2D eigenvalue weighted by atomic mass is 19.4. The number of carbonyl (C=O) groups is 2. The van der Waals surface area contributed by atoms with Crippen molar-refractivity contribution in [1.82, 2.24) is 14.8 Å². The van der Waals surface area contributed by atoms with E-state index in [4.69, 9.17) is 4.74 Å². The number of aromatic amines is 1. The molecule has 11 heteroatoms. The molecule has 1 atom stereocenters. The van der Waals surface area contributed by atoms with E-state index in [1.54, 1.807) is 7.11 Å². The van der Waals surface area contributed by atoms with Gasteiger partial charge in [0.25, 0.3) is 0 Å². The van der Waals surface area contributed by atoms with Crippen molar-refractivity contribution in [3.8, 4) is 5.75 Å². The fourth-order valence-electron chi connectivity index (χ4n) is 7.09. The number of carboxylic acids is 1. The van der Waals surface area contributed by atoms with E-state index in [1.165, 1.54) is 12.1 Å². The lowest BCUT2D eigenvalue weighted by molar-refractivity contribution is -0.140. The molecular weight excluding hydrogens is 551 g/mol. The van der Waals surface area contributed by atoms with Crippen LogP contribution in [0.15, 0.2) is 36.4 Å². The molecule has 3 aromatic rings. The van der Waals surface area contributed by atoms with E-state index >= 15 is 0 Å². The Morgan fingerprint density at radius 3 is 2.45 bits per heavy atom. The SMILES string of the molecule is COc1ccc2c3c([nH]c2c1)C(CO)N(Cc1ccc(C(=O)O)cc1C(F)(F)F)CC31CCN(C(=O)C2CCC2)CC1. The molecule has 1 spiro atoms. The lowest BCUT2D eigenvalue weighted by atomic mass is 9.68. The number of aromatic nitrogens is 1. The number of piperidine rings is 1. The van der Waals surface area contributed by atoms with Crippen LogP contribution in [0.2, 0.25) is 0 Å².